The van der Waals surface area contributed by atoms with Crippen LogP contribution in [0.1, 0.15) is 54.8 Å². The second kappa shape index (κ2) is 10.9. The van der Waals surface area contributed by atoms with E-state index in [1.807, 2.05) is 5.38 Å². The van der Waals surface area contributed by atoms with Gasteiger partial charge in [0.25, 0.3) is 0 Å². The van der Waals surface area contributed by atoms with Crippen molar-refractivity contribution in [3.63, 3.8) is 0 Å². The lowest BCUT2D eigenvalue weighted by molar-refractivity contribution is -0.136. The molecule has 1 aromatic heterocycles. The largest absolute Gasteiger partial charge is 0.481 e. The van der Waals surface area contributed by atoms with Gasteiger partial charge in [0.1, 0.15) is 11.6 Å². The summed E-state index contributed by atoms with van der Waals surface area (Å²) in [6.45, 7) is 0.421. The summed E-state index contributed by atoms with van der Waals surface area (Å²) in [4.78, 5) is 18.2. The van der Waals surface area contributed by atoms with E-state index in [0.717, 1.165) is 47.6 Å². The molecular formula is C24H25ClF2N2O2S. The molecular weight excluding hydrogens is 454 g/mol. The zero-order chi connectivity index (χ0) is 21.8. The smallest absolute Gasteiger partial charge is 0.305 e. The van der Waals surface area contributed by atoms with Crippen molar-refractivity contribution >= 4 is 34.8 Å². The third-order valence-electron chi connectivity index (χ3n) is 5.79. The predicted molar refractivity (Wildman–Crippen MR) is 125 cm³/mol. The van der Waals surface area contributed by atoms with Crippen LogP contribution >= 0.6 is 23.7 Å². The Morgan fingerprint density at radius 2 is 1.56 bits per heavy atom. The van der Waals surface area contributed by atoms with Crippen LogP contribution in [0.25, 0.3) is 0 Å². The van der Waals surface area contributed by atoms with Crippen LogP contribution in [-0.2, 0) is 4.79 Å². The van der Waals surface area contributed by atoms with Gasteiger partial charge >= 0.3 is 5.97 Å². The second-order valence-electron chi connectivity index (χ2n) is 7.87. The molecule has 1 fully saturated rings. The number of nitrogens with zero attached hydrogens (tertiary/aromatic N) is 2. The molecule has 4 nitrogen and oxygen atoms in total. The number of carbonyl (C=O) groups is 1. The zero-order valence-electron chi connectivity index (χ0n) is 17.4. The van der Waals surface area contributed by atoms with Crippen molar-refractivity contribution in [2.75, 3.05) is 11.4 Å². The van der Waals surface area contributed by atoms with Gasteiger partial charge in [-0.15, -0.1) is 23.7 Å². The number of aliphatic carboxylic acids is 1. The summed E-state index contributed by atoms with van der Waals surface area (Å²) in [5.74, 6) is -1.73. The normalized spacial score (nSPS) is 13.8. The maximum atomic E-state index is 13.5. The number of carboxylic acid groups (broad SMARTS) is 1. The Bertz CT molecular complexity index is 976. The molecule has 0 atom stereocenters. The minimum absolute atomic E-state index is 0. The van der Waals surface area contributed by atoms with Gasteiger partial charge in [-0.3, -0.25) is 4.79 Å². The van der Waals surface area contributed by atoms with Crippen LogP contribution in [0.15, 0.2) is 53.9 Å². The van der Waals surface area contributed by atoms with E-state index in [1.165, 1.54) is 35.6 Å². The van der Waals surface area contributed by atoms with Crippen molar-refractivity contribution in [3.8, 4) is 0 Å². The van der Waals surface area contributed by atoms with E-state index in [4.69, 9.17) is 4.98 Å². The average molecular weight is 479 g/mol. The molecule has 0 amide bonds. The van der Waals surface area contributed by atoms with Crippen LogP contribution in [0.5, 0.6) is 0 Å². The molecule has 0 bridgehead atoms. The number of thiazole rings is 1. The summed E-state index contributed by atoms with van der Waals surface area (Å²) in [7, 11) is 0. The quantitative estimate of drug-likeness (QED) is 0.416. The Kier molecular flexibility index (Phi) is 8.21. The first-order chi connectivity index (χ1) is 15.0. The molecule has 0 aliphatic heterocycles. The van der Waals surface area contributed by atoms with Crippen LogP contribution in [0.4, 0.5) is 13.9 Å². The number of benzene rings is 2. The van der Waals surface area contributed by atoms with Crippen molar-refractivity contribution in [3.05, 3.63) is 82.4 Å². The molecule has 1 heterocycles. The van der Waals surface area contributed by atoms with E-state index in [2.05, 4.69) is 4.90 Å². The number of carboxylic acids is 1. The summed E-state index contributed by atoms with van der Waals surface area (Å²) < 4.78 is 27.0. The Hall–Kier alpha value is -2.51. The highest BCUT2D eigenvalue weighted by Crippen LogP contribution is 2.37. The van der Waals surface area contributed by atoms with Gasteiger partial charge in [0.15, 0.2) is 5.13 Å². The summed E-state index contributed by atoms with van der Waals surface area (Å²) in [6.07, 6.45) is 4.41. The monoisotopic (exact) mass is 478 g/mol. The lowest BCUT2D eigenvalue weighted by Gasteiger charge is -2.28. The predicted octanol–water partition coefficient (Wildman–Crippen LogP) is 6.25. The van der Waals surface area contributed by atoms with Crippen molar-refractivity contribution < 1.29 is 18.7 Å². The average Bonchev–Trinajstić information content (AvgIpc) is 3.44. The van der Waals surface area contributed by atoms with E-state index in [-0.39, 0.29) is 36.4 Å². The fourth-order valence-electron chi connectivity index (χ4n) is 4.25. The lowest BCUT2D eigenvalue weighted by atomic mass is 9.89. The van der Waals surface area contributed by atoms with E-state index >= 15 is 0 Å². The van der Waals surface area contributed by atoms with E-state index in [1.54, 1.807) is 24.3 Å². The van der Waals surface area contributed by atoms with Crippen molar-refractivity contribution in [1.82, 2.24) is 4.98 Å². The Labute approximate surface area is 196 Å². The summed E-state index contributed by atoms with van der Waals surface area (Å²) in [5.41, 5.74) is 2.52. The van der Waals surface area contributed by atoms with Gasteiger partial charge in [-0.25, -0.2) is 13.8 Å². The zero-order valence-corrected chi connectivity index (χ0v) is 19.0. The van der Waals surface area contributed by atoms with Gasteiger partial charge in [-0.05, 0) is 48.2 Å². The first-order valence-electron chi connectivity index (χ1n) is 10.5. The maximum absolute atomic E-state index is 13.5. The van der Waals surface area contributed by atoms with Gasteiger partial charge in [-0.1, -0.05) is 37.1 Å². The highest BCUT2D eigenvalue weighted by molar-refractivity contribution is 7.13. The highest BCUT2D eigenvalue weighted by Gasteiger charge is 2.27. The molecule has 1 aliphatic rings. The summed E-state index contributed by atoms with van der Waals surface area (Å²) in [6, 6.07) is 12.8. The van der Waals surface area contributed by atoms with Crippen LogP contribution in [-0.4, -0.2) is 28.6 Å². The standard InChI is InChI=1S/C24H24F2N2O2S.ClH/c25-18-9-5-16(6-10-18)23(17-7-11-19(26)12-8-17)21-15-31-24(27-21)28(14-13-22(29)30)20-3-1-2-4-20;/h5-12,15,20,23H,1-4,13-14H2,(H,29,30);1H. The second-order valence-corrected chi connectivity index (χ2v) is 8.70. The molecule has 0 radical (unpaired) electrons. The molecule has 0 spiro atoms. The molecule has 4 rings (SSSR count). The van der Waals surface area contributed by atoms with Gasteiger partial charge in [0, 0.05) is 18.0 Å². The minimum Gasteiger partial charge on any atom is -0.481 e. The lowest BCUT2D eigenvalue weighted by Crippen LogP contribution is -2.35. The van der Waals surface area contributed by atoms with E-state index in [0.29, 0.717) is 12.6 Å². The van der Waals surface area contributed by atoms with E-state index < -0.39 is 5.97 Å². The Morgan fingerprint density at radius 3 is 2.06 bits per heavy atom. The number of hydrogen-bond donors (Lipinski definition) is 1. The molecule has 0 saturated heterocycles. The molecule has 32 heavy (non-hydrogen) atoms. The molecule has 3 aromatic rings. The van der Waals surface area contributed by atoms with Gasteiger partial charge < -0.3 is 10.0 Å². The molecule has 1 N–H and O–H groups in total. The van der Waals surface area contributed by atoms with Crippen molar-refractivity contribution in [2.45, 2.75) is 44.1 Å². The number of aromatic nitrogens is 1. The van der Waals surface area contributed by atoms with Crippen LogP contribution in [0.3, 0.4) is 0 Å². The Balaban J connectivity index is 0.00000289. The molecule has 1 aliphatic carbocycles. The number of rotatable bonds is 8. The topological polar surface area (TPSA) is 53.4 Å². The van der Waals surface area contributed by atoms with Crippen LogP contribution in [0.2, 0.25) is 0 Å². The Morgan fingerprint density at radius 1 is 1.03 bits per heavy atom. The molecule has 2 aromatic carbocycles. The highest BCUT2D eigenvalue weighted by atomic mass is 35.5. The fraction of sp³-hybridized carbons (Fsp3) is 0.333. The minimum atomic E-state index is -0.824. The van der Waals surface area contributed by atoms with Gasteiger partial charge in [0.2, 0.25) is 0 Å². The first-order valence-corrected chi connectivity index (χ1v) is 11.3. The summed E-state index contributed by atoms with van der Waals surface area (Å²) in [5, 5.41) is 12.0. The van der Waals surface area contributed by atoms with E-state index in [9.17, 15) is 18.7 Å². The van der Waals surface area contributed by atoms with Crippen LogP contribution < -0.4 is 4.90 Å². The van der Waals surface area contributed by atoms with Crippen LogP contribution in [0, 0.1) is 11.6 Å². The molecule has 0 unspecified atom stereocenters. The molecule has 170 valence electrons. The van der Waals surface area contributed by atoms with Crippen molar-refractivity contribution in [1.29, 1.82) is 0 Å². The number of halogens is 3. The van der Waals surface area contributed by atoms with Crippen molar-refractivity contribution in [2.24, 2.45) is 0 Å². The molecule has 1 saturated carbocycles. The molecule has 8 heteroatoms. The number of anilines is 1. The summed E-state index contributed by atoms with van der Waals surface area (Å²) >= 11 is 1.49. The maximum Gasteiger partial charge on any atom is 0.305 e. The SMILES string of the molecule is Cl.O=C(O)CCN(c1nc(C(c2ccc(F)cc2)c2ccc(F)cc2)cs1)C1CCCC1. The number of hydrogen-bond acceptors (Lipinski definition) is 4. The first kappa shape index (κ1) is 24.1. The van der Waals surface area contributed by atoms with Gasteiger partial charge in [0.05, 0.1) is 18.0 Å². The van der Waals surface area contributed by atoms with Gasteiger partial charge in [-0.2, -0.15) is 0 Å². The third-order valence-corrected chi connectivity index (χ3v) is 6.69. The third kappa shape index (κ3) is 5.64. The fourth-order valence-corrected chi connectivity index (χ4v) is 5.20.